The van der Waals surface area contributed by atoms with Crippen LogP contribution in [0.15, 0.2) is 45.8 Å². The van der Waals surface area contributed by atoms with Crippen molar-refractivity contribution in [1.29, 1.82) is 5.26 Å². The molecule has 2 heterocycles. The number of nitrogens with one attached hydrogen (secondary N) is 1. The van der Waals surface area contributed by atoms with Gasteiger partial charge in [-0.25, -0.2) is 4.98 Å². The van der Waals surface area contributed by atoms with Gasteiger partial charge in [0.25, 0.3) is 11.5 Å². The number of nitriles is 1. The highest BCUT2D eigenvalue weighted by Crippen LogP contribution is 2.55. The van der Waals surface area contributed by atoms with Crippen molar-refractivity contribution in [3.8, 4) is 6.07 Å². The van der Waals surface area contributed by atoms with Gasteiger partial charge in [-0.3, -0.25) is 14.2 Å². The predicted octanol–water partition coefficient (Wildman–Crippen LogP) is 4.45. The molecule has 6 nitrogen and oxygen atoms in total. The molecule has 0 saturated heterocycles. The Morgan fingerprint density at radius 3 is 2.66 bits per heavy atom. The fourth-order valence-electron chi connectivity index (χ4n) is 5.16. The maximum absolute atomic E-state index is 13.5. The molecule has 2 aliphatic carbocycles. The fourth-order valence-corrected chi connectivity index (χ4v) is 5.49. The summed E-state index contributed by atoms with van der Waals surface area (Å²) in [5, 5.41) is 12.9. The molecule has 7 heteroatoms. The molecule has 2 aliphatic rings. The van der Waals surface area contributed by atoms with Crippen LogP contribution in [0.4, 0.5) is 0 Å². The maximum atomic E-state index is 13.5. The van der Waals surface area contributed by atoms with E-state index in [4.69, 9.17) is 5.26 Å². The molecule has 2 aromatic heterocycles. The Hall–Kier alpha value is -2.98. The van der Waals surface area contributed by atoms with E-state index < -0.39 is 0 Å². The van der Waals surface area contributed by atoms with Gasteiger partial charge in [0, 0.05) is 22.1 Å². The van der Waals surface area contributed by atoms with Gasteiger partial charge in [0.05, 0.1) is 18.2 Å². The molecule has 5 rings (SSSR count). The van der Waals surface area contributed by atoms with Crippen molar-refractivity contribution in [2.24, 2.45) is 5.41 Å². The van der Waals surface area contributed by atoms with E-state index >= 15 is 0 Å². The first-order chi connectivity index (χ1) is 15.4. The Kier molecular flexibility index (Phi) is 5.13. The predicted molar refractivity (Wildman–Crippen MR) is 125 cm³/mol. The smallest absolute Gasteiger partial charge is 0.265 e. The second kappa shape index (κ2) is 7.86. The number of amides is 1. The fraction of sp³-hybridized carbons (Fsp3) is 0.360. The minimum absolute atomic E-state index is 0.143. The molecule has 0 atom stereocenters. The number of carbonyl (C=O) groups is 1. The number of pyridine rings is 2. The molecule has 0 aliphatic heterocycles. The van der Waals surface area contributed by atoms with Crippen LogP contribution >= 0.6 is 15.9 Å². The Balaban J connectivity index is 1.54. The monoisotopic (exact) mass is 490 g/mol. The third-order valence-corrected chi connectivity index (χ3v) is 7.52. The van der Waals surface area contributed by atoms with E-state index in [2.05, 4.69) is 32.3 Å². The zero-order valence-corrected chi connectivity index (χ0v) is 19.4. The molecule has 0 radical (unpaired) electrons. The summed E-state index contributed by atoms with van der Waals surface area (Å²) in [6, 6.07) is 11.2. The summed E-state index contributed by atoms with van der Waals surface area (Å²) in [5.41, 5.74) is 2.88. The first-order valence-corrected chi connectivity index (χ1v) is 11.7. The van der Waals surface area contributed by atoms with Gasteiger partial charge in [0.2, 0.25) is 0 Å². The largest absolute Gasteiger partial charge is 0.349 e. The van der Waals surface area contributed by atoms with E-state index in [9.17, 15) is 9.59 Å². The van der Waals surface area contributed by atoms with Gasteiger partial charge in [0.1, 0.15) is 11.2 Å². The van der Waals surface area contributed by atoms with Crippen molar-refractivity contribution in [2.45, 2.75) is 51.6 Å². The number of fused-ring (bicyclic) bond motifs is 1. The van der Waals surface area contributed by atoms with E-state index in [1.165, 1.54) is 19.3 Å². The molecule has 0 unspecified atom stereocenters. The minimum atomic E-state index is -0.343. The van der Waals surface area contributed by atoms with Gasteiger partial charge in [-0.15, -0.1) is 0 Å². The number of nitrogens with zero attached hydrogens (tertiary/aromatic N) is 3. The second-order valence-electron chi connectivity index (χ2n) is 9.16. The van der Waals surface area contributed by atoms with Crippen molar-refractivity contribution in [2.75, 3.05) is 0 Å². The van der Waals surface area contributed by atoms with Crippen LogP contribution in [0.25, 0.3) is 11.0 Å². The van der Waals surface area contributed by atoms with Crippen LogP contribution in [0.1, 0.15) is 59.2 Å². The van der Waals surface area contributed by atoms with E-state index in [0.29, 0.717) is 22.2 Å². The molecule has 1 amide bonds. The highest BCUT2D eigenvalue weighted by molar-refractivity contribution is 9.10. The average molecular weight is 491 g/mol. The summed E-state index contributed by atoms with van der Waals surface area (Å²) < 4.78 is 2.34. The van der Waals surface area contributed by atoms with Crippen LogP contribution in [0.5, 0.6) is 0 Å². The minimum Gasteiger partial charge on any atom is -0.349 e. The molecule has 1 aromatic carbocycles. The van der Waals surface area contributed by atoms with Crippen LogP contribution in [0.2, 0.25) is 0 Å². The standard InChI is InChI=1S/C25H23BrN4O2/c1-15-20-9-18(26)13-28-22(20)30(14-17-5-3-16(12-27)4-6-17)24(32)21(15)23(31)29-19-10-25(11-19)7-2-8-25/h3-6,9,13,19H,2,7-8,10-11,14H2,1H3,(H,29,31). The Morgan fingerprint density at radius 1 is 1.31 bits per heavy atom. The van der Waals surface area contributed by atoms with Crippen LogP contribution in [0.3, 0.4) is 0 Å². The number of hydrogen-bond acceptors (Lipinski definition) is 4. The number of benzene rings is 1. The van der Waals surface area contributed by atoms with Crippen LogP contribution < -0.4 is 10.9 Å². The number of halogens is 1. The lowest BCUT2D eigenvalue weighted by Gasteiger charge is -2.54. The summed E-state index contributed by atoms with van der Waals surface area (Å²) >= 11 is 3.46. The number of aromatic nitrogens is 2. The Bertz CT molecular complexity index is 1330. The van der Waals surface area contributed by atoms with Gasteiger partial charge in [0.15, 0.2) is 0 Å². The van der Waals surface area contributed by atoms with Crippen molar-refractivity contribution in [1.82, 2.24) is 14.9 Å². The molecule has 1 N–H and O–H groups in total. The molecule has 32 heavy (non-hydrogen) atoms. The topological polar surface area (TPSA) is 87.8 Å². The molecule has 2 saturated carbocycles. The van der Waals surface area contributed by atoms with Crippen molar-refractivity contribution < 1.29 is 4.79 Å². The van der Waals surface area contributed by atoms with Crippen molar-refractivity contribution >= 4 is 32.9 Å². The second-order valence-corrected chi connectivity index (χ2v) is 10.1. The van der Waals surface area contributed by atoms with Crippen molar-refractivity contribution in [3.63, 3.8) is 0 Å². The zero-order chi connectivity index (χ0) is 22.5. The first kappa shape index (κ1) is 20.9. The molecular weight excluding hydrogens is 468 g/mol. The molecular formula is C25H23BrN4O2. The van der Waals surface area contributed by atoms with E-state index in [0.717, 1.165) is 28.3 Å². The van der Waals surface area contributed by atoms with Gasteiger partial charge >= 0.3 is 0 Å². The highest BCUT2D eigenvalue weighted by Gasteiger charge is 2.48. The molecule has 2 fully saturated rings. The SMILES string of the molecule is Cc1c(C(=O)NC2CC3(CCC3)C2)c(=O)n(Cc2ccc(C#N)cc2)c2ncc(Br)cc12. The average Bonchev–Trinajstić information content (AvgIpc) is 2.72. The number of hydrogen-bond donors (Lipinski definition) is 1. The normalized spacial score (nSPS) is 16.9. The third-order valence-electron chi connectivity index (χ3n) is 7.09. The summed E-state index contributed by atoms with van der Waals surface area (Å²) in [5.74, 6) is -0.304. The molecule has 3 aromatic rings. The van der Waals surface area contributed by atoms with Crippen LogP contribution in [-0.4, -0.2) is 21.5 Å². The van der Waals surface area contributed by atoms with Gasteiger partial charge < -0.3 is 5.32 Å². The van der Waals surface area contributed by atoms with E-state index in [1.807, 2.05) is 25.1 Å². The quantitative estimate of drug-likeness (QED) is 0.584. The van der Waals surface area contributed by atoms with Crippen LogP contribution in [0, 0.1) is 23.7 Å². The number of carbonyl (C=O) groups excluding carboxylic acids is 1. The van der Waals surface area contributed by atoms with Gasteiger partial charge in [-0.2, -0.15) is 5.26 Å². The lowest BCUT2D eigenvalue weighted by Crippen LogP contribution is -2.54. The number of rotatable bonds is 4. The molecule has 1 spiro atoms. The summed E-state index contributed by atoms with van der Waals surface area (Å²) in [4.78, 5) is 31.3. The molecule has 162 valence electrons. The van der Waals surface area contributed by atoms with Crippen molar-refractivity contribution in [3.05, 3.63) is 73.6 Å². The zero-order valence-electron chi connectivity index (χ0n) is 17.8. The van der Waals surface area contributed by atoms with Crippen LogP contribution in [-0.2, 0) is 6.54 Å². The van der Waals surface area contributed by atoms with Gasteiger partial charge in [-0.1, -0.05) is 18.6 Å². The Morgan fingerprint density at radius 2 is 2.03 bits per heavy atom. The Labute approximate surface area is 194 Å². The summed E-state index contributed by atoms with van der Waals surface area (Å²) in [6.45, 7) is 2.08. The third kappa shape index (κ3) is 3.53. The van der Waals surface area contributed by atoms with E-state index in [-0.39, 0.29) is 29.6 Å². The lowest BCUT2D eigenvalue weighted by molar-refractivity contribution is -0.000658. The maximum Gasteiger partial charge on any atom is 0.265 e. The summed E-state index contributed by atoms with van der Waals surface area (Å²) in [6.07, 6.45) is 7.47. The number of aryl methyl sites for hydroxylation is 1. The van der Waals surface area contributed by atoms with E-state index in [1.54, 1.807) is 22.9 Å². The molecule has 0 bridgehead atoms. The summed E-state index contributed by atoms with van der Waals surface area (Å²) in [7, 11) is 0. The highest BCUT2D eigenvalue weighted by atomic mass is 79.9. The van der Waals surface area contributed by atoms with Gasteiger partial charge in [-0.05, 0) is 83.3 Å². The first-order valence-electron chi connectivity index (χ1n) is 10.9. The lowest BCUT2D eigenvalue weighted by atomic mass is 9.54.